The van der Waals surface area contributed by atoms with Crippen molar-refractivity contribution in [1.29, 1.82) is 0 Å². The van der Waals surface area contributed by atoms with Gasteiger partial charge in [0.15, 0.2) is 0 Å². The molecule has 0 unspecified atom stereocenters. The average molecular weight is 320 g/mol. The number of sulfonamides is 1. The number of nitrogens with zero attached hydrogens (tertiary/aromatic N) is 1. The number of rotatable bonds is 6. The van der Waals surface area contributed by atoms with E-state index in [2.05, 4.69) is 4.72 Å². The second-order valence-corrected chi connectivity index (χ2v) is 7.07. The number of carbonyl (C=O) groups excluding carboxylic acids is 1. The van der Waals surface area contributed by atoms with Crippen molar-refractivity contribution < 1.29 is 13.2 Å². The maximum atomic E-state index is 12.4. The molecule has 0 saturated carbocycles. The predicted octanol–water partition coefficient (Wildman–Crippen LogP) is 2.08. The van der Waals surface area contributed by atoms with Crippen molar-refractivity contribution in [2.75, 3.05) is 25.5 Å². The smallest absolute Gasteiger partial charge is 0.241 e. The molecule has 2 aromatic rings. The van der Waals surface area contributed by atoms with E-state index in [1.165, 1.54) is 0 Å². The van der Waals surface area contributed by atoms with Crippen LogP contribution in [0.2, 0.25) is 0 Å². The zero-order valence-electron chi connectivity index (χ0n) is 13.0. The van der Waals surface area contributed by atoms with Crippen LogP contribution in [0.1, 0.15) is 12.0 Å². The molecule has 0 fully saturated rings. The van der Waals surface area contributed by atoms with E-state index in [4.69, 9.17) is 0 Å². The van der Waals surface area contributed by atoms with E-state index in [-0.39, 0.29) is 17.9 Å². The monoisotopic (exact) mass is 320 g/mol. The van der Waals surface area contributed by atoms with Gasteiger partial charge in [0, 0.05) is 43.5 Å². The van der Waals surface area contributed by atoms with E-state index in [9.17, 15) is 13.2 Å². The van der Waals surface area contributed by atoms with E-state index in [0.717, 1.165) is 16.6 Å². The Balaban J connectivity index is 2.62. The maximum Gasteiger partial charge on any atom is 0.241 e. The van der Waals surface area contributed by atoms with Gasteiger partial charge in [-0.1, -0.05) is 24.3 Å². The lowest BCUT2D eigenvalue weighted by molar-refractivity contribution is -0.107. The molecule has 22 heavy (non-hydrogen) atoms. The van der Waals surface area contributed by atoms with Gasteiger partial charge < -0.3 is 9.69 Å². The molecule has 5 nitrogen and oxygen atoms in total. The van der Waals surface area contributed by atoms with Crippen LogP contribution in [0, 0.1) is 6.92 Å². The highest BCUT2D eigenvalue weighted by molar-refractivity contribution is 7.89. The Morgan fingerprint density at radius 1 is 1.14 bits per heavy atom. The minimum atomic E-state index is -3.64. The predicted molar refractivity (Wildman–Crippen MR) is 88.9 cm³/mol. The first kappa shape index (κ1) is 16.5. The summed E-state index contributed by atoms with van der Waals surface area (Å²) in [4.78, 5) is 12.6. The van der Waals surface area contributed by atoms with Gasteiger partial charge in [-0.15, -0.1) is 0 Å². The molecule has 0 aliphatic heterocycles. The van der Waals surface area contributed by atoms with Gasteiger partial charge in [-0.05, 0) is 18.6 Å². The van der Waals surface area contributed by atoms with E-state index in [1.807, 2.05) is 44.1 Å². The molecule has 0 heterocycles. The molecule has 0 saturated heterocycles. The number of benzene rings is 2. The Labute approximate surface area is 131 Å². The molecule has 2 rings (SSSR count). The van der Waals surface area contributed by atoms with Gasteiger partial charge in [0.2, 0.25) is 10.0 Å². The van der Waals surface area contributed by atoms with Gasteiger partial charge in [-0.2, -0.15) is 0 Å². The lowest BCUT2D eigenvalue weighted by Crippen LogP contribution is -2.25. The van der Waals surface area contributed by atoms with Crippen LogP contribution in [0.4, 0.5) is 5.69 Å². The Morgan fingerprint density at radius 2 is 1.86 bits per heavy atom. The molecular weight excluding hydrogens is 300 g/mol. The molecule has 0 aliphatic carbocycles. The first-order valence-electron chi connectivity index (χ1n) is 7.01. The zero-order chi connectivity index (χ0) is 16.3. The number of hydrogen-bond acceptors (Lipinski definition) is 4. The highest BCUT2D eigenvalue weighted by atomic mass is 32.2. The standard InChI is InChI=1S/C16H20N2O3S/c1-12-8-9-13-14(16(12)18(2)3)6-4-7-15(13)22(20,21)17-10-5-11-19/h4,6-9,11,17H,5,10H2,1-3H3. The van der Waals surface area contributed by atoms with E-state index >= 15 is 0 Å². The van der Waals surface area contributed by atoms with E-state index in [0.29, 0.717) is 11.7 Å². The lowest BCUT2D eigenvalue weighted by Gasteiger charge is -2.19. The van der Waals surface area contributed by atoms with E-state index < -0.39 is 10.0 Å². The van der Waals surface area contributed by atoms with Crippen LogP contribution in [0.5, 0.6) is 0 Å². The summed E-state index contributed by atoms with van der Waals surface area (Å²) in [7, 11) is 0.230. The number of hydrogen-bond donors (Lipinski definition) is 1. The van der Waals surface area contributed by atoms with Gasteiger partial charge in [-0.3, -0.25) is 0 Å². The third kappa shape index (κ3) is 3.13. The second-order valence-electron chi connectivity index (χ2n) is 5.33. The average Bonchev–Trinajstić information content (AvgIpc) is 2.46. The van der Waals surface area contributed by atoms with E-state index in [1.54, 1.807) is 12.1 Å². The van der Waals surface area contributed by atoms with Crippen LogP contribution in [0.15, 0.2) is 35.2 Å². The van der Waals surface area contributed by atoms with Gasteiger partial charge in [0.1, 0.15) is 6.29 Å². The van der Waals surface area contributed by atoms with Crippen molar-refractivity contribution in [1.82, 2.24) is 4.72 Å². The zero-order valence-corrected chi connectivity index (χ0v) is 13.8. The molecule has 6 heteroatoms. The molecule has 1 N–H and O–H groups in total. The maximum absolute atomic E-state index is 12.4. The van der Waals surface area contributed by atoms with Gasteiger partial charge >= 0.3 is 0 Å². The molecule has 0 aromatic heterocycles. The Hall–Kier alpha value is -1.92. The van der Waals surface area contributed by atoms with Crippen LogP contribution >= 0.6 is 0 Å². The fourth-order valence-electron chi connectivity index (χ4n) is 2.58. The normalized spacial score (nSPS) is 11.6. The molecule has 2 aromatic carbocycles. The fourth-order valence-corrected chi connectivity index (χ4v) is 3.85. The number of anilines is 1. The summed E-state index contributed by atoms with van der Waals surface area (Å²) in [5.74, 6) is 0. The molecule has 118 valence electrons. The minimum Gasteiger partial charge on any atom is -0.377 e. The molecular formula is C16H20N2O3S. The van der Waals surface area contributed by atoms with Crippen LogP contribution in [-0.2, 0) is 14.8 Å². The van der Waals surface area contributed by atoms with Gasteiger partial charge in [-0.25, -0.2) is 13.1 Å². The summed E-state index contributed by atoms with van der Waals surface area (Å²) in [5, 5.41) is 1.57. The lowest BCUT2D eigenvalue weighted by atomic mass is 10.0. The Bertz CT molecular complexity index is 798. The first-order chi connectivity index (χ1) is 10.4. The highest BCUT2D eigenvalue weighted by Gasteiger charge is 2.18. The van der Waals surface area contributed by atoms with Crippen molar-refractivity contribution in [2.24, 2.45) is 0 Å². The number of carbonyl (C=O) groups is 1. The summed E-state index contributed by atoms with van der Waals surface area (Å²) in [6, 6.07) is 8.99. The Morgan fingerprint density at radius 3 is 2.50 bits per heavy atom. The van der Waals surface area contributed by atoms with Crippen LogP contribution in [0.3, 0.4) is 0 Å². The Kier molecular flexibility index (Phi) is 4.83. The molecule has 0 amide bonds. The van der Waals surface area contributed by atoms with Crippen LogP contribution < -0.4 is 9.62 Å². The van der Waals surface area contributed by atoms with Gasteiger partial charge in [0.25, 0.3) is 0 Å². The number of nitrogens with one attached hydrogen (secondary N) is 1. The number of fused-ring (bicyclic) bond motifs is 1. The molecule has 0 atom stereocenters. The van der Waals surface area contributed by atoms with Crippen molar-refractivity contribution in [3.63, 3.8) is 0 Å². The minimum absolute atomic E-state index is 0.106. The summed E-state index contributed by atoms with van der Waals surface area (Å²) >= 11 is 0. The number of aldehydes is 1. The molecule has 0 aliphatic rings. The van der Waals surface area contributed by atoms with Crippen molar-refractivity contribution in [3.05, 3.63) is 35.9 Å². The molecule has 0 bridgehead atoms. The van der Waals surface area contributed by atoms with Crippen LogP contribution in [0.25, 0.3) is 10.8 Å². The topological polar surface area (TPSA) is 66.5 Å². The summed E-state index contributed by atoms with van der Waals surface area (Å²) in [6.45, 7) is 2.10. The van der Waals surface area contributed by atoms with Crippen LogP contribution in [-0.4, -0.2) is 35.3 Å². The van der Waals surface area contributed by atoms with Gasteiger partial charge in [0.05, 0.1) is 4.90 Å². The summed E-state index contributed by atoms with van der Waals surface area (Å²) < 4.78 is 27.4. The molecule has 0 radical (unpaired) electrons. The van der Waals surface area contributed by atoms with Crippen molar-refractivity contribution >= 4 is 32.8 Å². The van der Waals surface area contributed by atoms with Crippen molar-refractivity contribution in [2.45, 2.75) is 18.2 Å². The summed E-state index contributed by atoms with van der Waals surface area (Å²) in [6.07, 6.45) is 0.852. The third-order valence-electron chi connectivity index (χ3n) is 3.49. The highest BCUT2D eigenvalue weighted by Crippen LogP contribution is 2.32. The van der Waals surface area contributed by atoms with Crippen molar-refractivity contribution in [3.8, 4) is 0 Å². The largest absolute Gasteiger partial charge is 0.377 e. The first-order valence-corrected chi connectivity index (χ1v) is 8.49. The number of aryl methyl sites for hydroxylation is 1. The third-order valence-corrected chi connectivity index (χ3v) is 5.00. The molecule has 0 spiro atoms. The SMILES string of the molecule is Cc1ccc2c(S(=O)(=O)NCCC=O)cccc2c1N(C)C. The summed E-state index contributed by atoms with van der Waals surface area (Å²) in [5.41, 5.74) is 2.09. The second kappa shape index (κ2) is 6.46. The quantitative estimate of drug-likeness (QED) is 0.654. The fraction of sp³-hybridized carbons (Fsp3) is 0.312.